The van der Waals surface area contributed by atoms with Crippen LogP contribution >= 0.6 is 11.3 Å². The number of nitrogens with one attached hydrogen (secondary N) is 1. The maximum absolute atomic E-state index is 11.5. The summed E-state index contributed by atoms with van der Waals surface area (Å²) in [4.78, 5) is 15.6. The molecular formula is C15H18N2O3S. The minimum Gasteiger partial charge on any atom is -0.492 e. The quantitative estimate of drug-likeness (QED) is 0.629. The molecule has 2 rings (SSSR count). The highest BCUT2D eigenvalue weighted by Gasteiger charge is 2.10. The van der Waals surface area contributed by atoms with Crippen LogP contribution in [0, 0.1) is 6.92 Å². The summed E-state index contributed by atoms with van der Waals surface area (Å²) in [5.74, 6) is 0.459. The number of nitrogens with zero attached hydrogens (tertiary/aromatic N) is 1. The van der Waals surface area contributed by atoms with Crippen LogP contribution in [-0.4, -0.2) is 30.7 Å². The first kappa shape index (κ1) is 15.3. The summed E-state index contributed by atoms with van der Waals surface area (Å²) in [5, 5.41) is 5.49. The van der Waals surface area contributed by atoms with Crippen molar-refractivity contribution in [3.63, 3.8) is 0 Å². The Morgan fingerprint density at radius 1 is 1.43 bits per heavy atom. The molecule has 6 heteroatoms. The Kier molecular flexibility index (Phi) is 5.57. The minimum atomic E-state index is -0.391. The van der Waals surface area contributed by atoms with E-state index >= 15 is 0 Å². The zero-order chi connectivity index (χ0) is 15.1. The van der Waals surface area contributed by atoms with Gasteiger partial charge in [-0.3, -0.25) is 0 Å². The van der Waals surface area contributed by atoms with Gasteiger partial charge < -0.3 is 14.8 Å². The van der Waals surface area contributed by atoms with Crippen LogP contribution in [0.15, 0.2) is 29.6 Å². The van der Waals surface area contributed by atoms with Crippen molar-refractivity contribution in [3.8, 4) is 5.75 Å². The molecule has 5 nitrogen and oxygen atoms in total. The number of esters is 1. The van der Waals surface area contributed by atoms with Crippen LogP contribution in [-0.2, 0) is 4.74 Å². The second-order valence-electron chi connectivity index (χ2n) is 4.35. The highest BCUT2D eigenvalue weighted by Crippen LogP contribution is 2.16. The predicted molar refractivity (Wildman–Crippen MR) is 83.2 cm³/mol. The first-order chi connectivity index (χ1) is 10.2. The minimum absolute atomic E-state index is 0.337. The molecular weight excluding hydrogens is 288 g/mol. The second-order valence-corrected chi connectivity index (χ2v) is 5.21. The maximum atomic E-state index is 11.5. The van der Waals surface area contributed by atoms with Gasteiger partial charge in [0.05, 0.1) is 13.2 Å². The normalized spacial score (nSPS) is 10.2. The van der Waals surface area contributed by atoms with Crippen LogP contribution in [0.25, 0.3) is 0 Å². The molecule has 1 N–H and O–H groups in total. The summed E-state index contributed by atoms with van der Waals surface area (Å²) in [7, 11) is 0. The Labute approximate surface area is 127 Å². The molecule has 0 unspecified atom stereocenters. The molecule has 21 heavy (non-hydrogen) atoms. The summed E-state index contributed by atoms with van der Waals surface area (Å²) < 4.78 is 10.5. The van der Waals surface area contributed by atoms with E-state index in [4.69, 9.17) is 9.47 Å². The van der Waals surface area contributed by atoms with E-state index in [1.807, 2.05) is 31.2 Å². The lowest BCUT2D eigenvalue weighted by Gasteiger charge is -2.07. The zero-order valence-electron chi connectivity index (χ0n) is 12.1. The van der Waals surface area contributed by atoms with E-state index in [0.29, 0.717) is 30.6 Å². The van der Waals surface area contributed by atoms with E-state index in [2.05, 4.69) is 10.3 Å². The number of hydrogen-bond acceptors (Lipinski definition) is 6. The van der Waals surface area contributed by atoms with Crippen molar-refractivity contribution in [1.82, 2.24) is 4.98 Å². The van der Waals surface area contributed by atoms with Gasteiger partial charge in [0.25, 0.3) is 0 Å². The topological polar surface area (TPSA) is 60.5 Å². The van der Waals surface area contributed by atoms with Crippen molar-refractivity contribution >= 4 is 22.4 Å². The first-order valence-corrected chi connectivity index (χ1v) is 7.63. The number of ether oxygens (including phenoxy) is 2. The third kappa shape index (κ3) is 4.75. The van der Waals surface area contributed by atoms with Crippen molar-refractivity contribution in [2.75, 3.05) is 25.1 Å². The molecule has 2 aromatic rings. The molecule has 0 bridgehead atoms. The Hall–Kier alpha value is -2.08. The lowest BCUT2D eigenvalue weighted by Crippen LogP contribution is -2.12. The monoisotopic (exact) mass is 306 g/mol. The van der Waals surface area contributed by atoms with Crippen LogP contribution in [0.1, 0.15) is 23.0 Å². The maximum Gasteiger partial charge on any atom is 0.357 e. The van der Waals surface area contributed by atoms with E-state index < -0.39 is 5.97 Å². The Morgan fingerprint density at radius 2 is 2.29 bits per heavy atom. The van der Waals surface area contributed by atoms with Gasteiger partial charge in [0.1, 0.15) is 12.4 Å². The van der Waals surface area contributed by atoms with Gasteiger partial charge in [0.2, 0.25) is 0 Å². The van der Waals surface area contributed by atoms with Gasteiger partial charge in [-0.25, -0.2) is 9.78 Å². The lowest BCUT2D eigenvalue weighted by molar-refractivity contribution is 0.0520. The van der Waals surface area contributed by atoms with Crippen LogP contribution in [0.4, 0.5) is 5.13 Å². The number of benzene rings is 1. The third-order valence-electron chi connectivity index (χ3n) is 2.63. The van der Waals surface area contributed by atoms with Gasteiger partial charge in [0.15, 0.2) is 10.8 Å². The predicted octanol–water partition coefficient (Wildman–Crippen LogP) is 3.12. The fourth-order valence-electron chi connectivity index (χ4n) is 1.69. The number of thiazole rings is 1. The van der Waals surface area contributed by atoms with Crippen LogP contribution < -0.4 is 10.1 Å². The zero-order valence-corrected chi connectivity index (χ0v) is 12.9. The van der Waals surface area contributed by atoms with Crippen molar-refractivity contribution in [2.45, 2.75) is 13.8 Å². The number of rotatable bonds is 7. The highest BCUT2D eigenvalue weighted by molar-refractivity contribution is 7.13. The molecule has 0 saturated carbocycles. The molecule has 0 atom stereocenters. The van der Waals surface area contributed by atoms with Gasteiger partial charge in [-0.2, -0.15) is 0 Å². The number of aryl methyl sites for hydroxylation is 1. The molecule has 1 heterocycles. The molecule has 0 aliphatic rings. The van der Waals surface area contributed by atoms with Gasteiger partial charge >= 0.3 is 5.97 Å². The smallest absolute Gasteiger partial charge is 0.357 e. The fourth-order valence-corrected chi connectivity index (χ4v) is 2.39. The molecule has 0 aliphatic carbocycles. The van der Waals surface area contributed by atoms with Gasteiger partial charge in [0, 0.05) is 5.38 Å². The molecule has 1 aromatic heterocycles. The van der Waals surface area contributed by atoms with Crippen molar-refractivity contribution in [2.24, 2.45) is 0 Å². The van der Waals surface area contributed by atoms with Gasteiger partial charge in [-0.1, -0.05) is 12.1 Å². The first-order valence-electron chi connectivity index (χ1n) is 6.75. The average Bonchev–Trinajstić information content (AvgIpc) is 2.93. The second kappa shape index (κ2) is 7.64. The summed E-state index contributed by atoms with van der Waals surface area (Å²) in [6.45, 7) is 5.29. The highest BCUT2D eigenvalue weighted by atomic mass is 32.1. The van der Waals surface area contributed by atoms with E-state index in [1.54, 1.807) is 12.3 Å². The van der Waals surface area contributed by atoms with E-state index in [0.717, 1.165) is 5.75 Å². The third-order valence-corrected chi connectivity index (χ3v) is 3.43. The van der Waals surface area contributed by atoms with E-state index in [1.165, 1.54) is 16.9 Å². The van der Waals surface area contributed by atoms with E-state index in [-0.39, 0.29) is 0 Å². The molecule has 0 saturated heterocycles. The van der Waals surface area contributed by atoms with Gasteiger partial charge in [-0.15, -0.1) is 11.3 Å². The summed E-state index contributed by atoms with van der Waals surface area (Å²) >= 11 is 1.37. The van der Waals surface area contributed by atoms with Gasteiger partial charge in [-0.05, 0) is 31.5 Å². The number of carbonyl (C=O) groups excluding carboxylic acids is 1. The lowest BCUT2D eigenvalue weighted by atomic mass is 10.2. The Morgan fingerprint density at radius 3 is 3.05 bits per heavy atom. The van der Waals surface area contributed by atoms with Crippen molar-refractivity contribution in [3.05, 3.63) is 40.9 Å². The van der Waals surface area contributed by atoms with Crippen LogP contribution in [0.2, 0.25) is 0 Å². The summed E-state index contributed by atoms with van der Waals surface area (Å²) in [6.07, 6.45) is 0. The summed E-state index contributed by atoms with van der Waals surface area (Å²) in [5.41, 5.74) is 1.50. The number of anilines is 1. The Balaban J connectivity index is 1.75. The van der Waals surface area contributed by atoms with Crippen molar-refractivity contribution < 1.29 is 14.3 Å². The molecule has 0 amide bonds. The molecule has 1 aromatic carbocycles. The number of aromatic nitrogens is 1. The molecule has 112 valence electrons. The molecule has 0 fully saturated rings. The molecule has 0 spiro atoms. The number of hydrogen-bond donors (Lipinski definition) is 1. The molecule has 0 radical (unpaired) electrons. The largest absolute Gasteiger partial charge is 0.492 e. The van der Waals surface area contributed by atoms with E-state index in [9.17, 15) is 4.79 Å². The van der Waals surface area contributed by atoms with Crippen LogP contribution in [0.5, 0.6) is 5.75 Å². The summed E-state index contributed by atoms with van der Waals surface area (Å²) in [6, 6.07) is 7.90. The standard InChI is InChI=1S/C15H18N2O3S/c1-3-19-14(18)13-10-21-15(17-13)16-7-8-20-12-6-4-5-11(2)9-12/h4-6,9-10H,3,7-8H2,1-2H3,(H,16,17). The fraction of sp³-hybridized carbons (Fsp3) is 0.333. The average molecular weight is 306 g/mol. The SMILES string of the molecule is CCOC(=O)c1csc(NCCOc2cccc(C)c2)n1. The van der Waals surface area contributed by atoms with Crippen molar-refractivity contribution in [1.29, 1.82) is 0 Å². The van der Waals surface area contributed by atoms with Crippen LogP contribution in [0.3, 0.4) is 0 Å². The Bertz CT molecular complexity index is 598. The molecule has 0 aliphatic heterocycles. The number of carbonyl (C=O) groups is 1.